The number of aryl methyl sites for hydroxylation is 1. The summed E-state index contributed by atoms with van der Waals surface area (Å²) in [4.78, 5) is 27.5. The third kappa shape index (κ3) is 3.88. The van der Waals surface area contributed by atoms with Gasteiger partial charge in [0, 0.05) is 23.8 Å². The minimum Gasteiger partial charge on any atom is -0.358 e. The highest BCUT2D eigenvalue weighted by Gasteiger charge is 2.22. The molecule has 6 rings (SSSR count). The number of nitrogens with one attached hydrogen (secondary N) is 1. The Hall–Kier alpha value is -3.63. The van der Waals surface area contributed by atoms with Gasteiger partial charge >= 0.3 is 0 Å². The van der Waals surface area contributed by atoms with Gasteiger partial charge in [-0.2, -0.15) is 0 Å². The molecule has 1 atom stereocenters. The van der Waals surface area contributed by atoms with Gasteiger partial charge in [0.25, 0.3) is 0 Å². The van der Waals surface area contributed by atoms with Gasteiger partial charge in [-0.05, 0) is 56.2 Å². The first kappa shape index (κ1) is 21.9. The van der Waals surface area contributed by atoms with Crippen LogP contribution in [0, 0.1) is 6.92 Å². The van der Waals surface area contributed by atoms with Crippen molar-refractivity contribution < 1.29 is 4.74 Å². The summed E-state index contributed by atoms with van der Waals surface area (Å²) in [5.74, 6) is 0.677. The summed E-state index contributed by atoms with van der Waals surface area (Å²) in [6, 6.07) is 8.04. The van der Waals surface area contributed by atoms with Gasteiger partial charge in [0.2, 0.25) is 0 Å². The lowest BCUT2D eigenvalue weighted by atomic mass is 10.1. The van der Waals surface area contributed by atoms with E-state index >= 15 is 0 Å². The topological polar surface area (TPSA) is 104 Å². The van der Waals surface area contributed by atoms with Crippen LogP contribution in [0.25, 0.3) is 33.3 Å². The van der Waals surface area contributed by atoms with Crippen LogP contribution in [-0.2, 0) is 4.74 Å². The Kier molecular flexibility index (Phi) is 5.75. The number of pyridine rings is 1. The normalized spacial score (nSPS) is 16.1. The van der Waals surface area contributed by atoms with E-state index in [1.807, 2.05) is 23.0 Å². The van der Waals surface area contributed by atoms with Crippen molar-refractivity contribution in [3.05, 3.63) is 55.0 Å². The van der Waals surface area contributed by atoms with Crippen molar-refractivity contribution in [1.29, 1.82) is 0 Å². The molecular formula is C25H24N8OS. The maximum Gasteiger partial charge on any atom is 0.165 e. The van der Waals surface area contributed by atoms with Gasteiger partial charge < -0.3 is 10.1 Å². The van der Waals surface area contributed by atoms with E-state index in [1.165, 1.54) is 0 Å². The molecular weight excluding hydrogens is 460 g/mol. The van der Waals surface area contributed by atoms with E-state index in [9.17, 15) is 0 Å². The molecule has 9 nitrogen and oxygen atoms in total. The summed E-state index contributed by atoms with van der Waals surface area (Å²) in [5.41, 5.74) is 5.85. The third-order valence-electron chi connectivity index (χ3n) is 6.30. The van der Waals surface area contributed by atoms with Crippen LogP contribution in [0.2, 0.25) is 0 Å². The van der Waals surface area contributed by atoms with Gasteiger partial charge in [0.05, 0.1) is 17.5 Å². The molecule has 0 radical (unpaired) electrons. The number of rotatable bonds is 5. The van der Waals surface area contributed by atoms with Gasteiger partial charge in [-0.25, -0.2) is 29.9 Å². The quantitative estimate of drug-likeness (QED) is 0.263. The number of aromatic nitrogens is 7. The number of fused-ring (bicyclic) bond motifs is 2. The van der Waals surface area contributed by atoms with E-state index in [0.717, 1.165) is 75.5 Å². The Morgan fingerprint density at radius 2 is 1.91 bits per heavy atom. The molecule has 10 heteroatoms. The Bertz CT molecular complexity index is 1530. The zero-order valence-electron chi connectivity index (χ0n) is 19.5. The largest absolute Gasteiger partial charge is 0.358 e. The minimum atomic E-state index is -0.0494. The summed E-state index contributed by atoms with van der Waals surface area (Å²) >= 11 is 1.60. The van der Waals surface area contributed by atoms with Gasteiger partial charge in [-0.1, -0.05) is 6.07 Å². The van der Waals surface area contributed by atoms with Crippen molar-refractivity contribution in [3.8, 4) is 11.3 Å². The predicted molar refractivity (Wildman–Crippen MR) is 137 cm³/mol. The number of benzene rings is 1. The molecule has 0 spiro atoms. The maximum absolute atomic E-state index is 5.98. The molecule has 1 aliphatic rings. The fourth-order valence-corrected chi connectivity index (χ4v) is 5.08. The first-order valence-corrected chi connectivity index (χ1v) is 12.8. The number of anilines is 2. The molecule has 35 heavy (non-hydrogen) atoms. The number of hydrogen-bond donors (Lipinski definition) is 1. The first-order chi connectivity index (χ1) is 17.2. The van der Waals surface area contributed by atoms with E-state index in [0.29, 0.717) is 5.82 Å². The van der Waals surface area contributed by atoms with Crippen molar-refractivity contribution in [2.75, 3.05) is 18.2 Å². The van der Waals surface area contributed by atoms with Gasteiger partial charge in [0.15, 0.2) is 5.65 Å². The molecule has 1 saturated heterocycles. The molecule has 1 unspecified atom stereocenters. The average molecular weight is 485 g/mol. The number of nitrogens with zero attached hydrogens (tertiary/aromatic N) is 7. The molecule has 5 aromatic rings. The summed E-state index contributed by atoms with van der Waals surface area (Å²) in [6.45, 7) is 2.81. The van der Waals surface area contributed by atoms with E-state index in [-0.39, 0.29) is 6.23 Å². The van der Waals surface area contributed by atoms with Crippen molar-refractivity contribution in [2.45, 2.75) is 37.4 Å². The van der Waals surface area contributed by atoms with E-state index in [1.54, 1.807) is 36.9 Å². The predicted octanol–water partition coefficient (Wildman–Crippen LogP) is 5.30. The van der Waals surface area contributed by atoms with Crippen LogP contribution in [0.4, 0.5) is 11.5 Å². The molecule has 0 bridgehead atoms. The Morgan fingerprint density at radius 1 is 1.00 bits per heavy atom. The Balaban J connectivity index is 1.46. The summed E-state index contributed by atoms with van der Waals surface area (Å²) < 4.78 is 7.99. The molecule has 1 aliphatic heterocycles. The lowest BCUT2D eigenvalue weighted by molar-refractivity contribution is -0.0298. The van der Waals surface area contributed by atoms with Gasteiger partial charge in [-0.3, -0.25) is 4.57 Å². The Labute approximate surface area is 206 Å². The van der Waals surface area contributed by atoms with Gasteiger partial charge in [-0.15, -0.1) is 11.8 Å². The van der Waals surface area contributed by atoms with Crippen LogP contribution in [0.15, 0.2) is 54.5 Å². The molecule has 1 N–H and O–H groups in total. The van der Waals surface area contributed by atoms with Gasteiger partial charge in [0.1, 0.15) is 40.9 Å². The highest BCUT2D eigenvalue weighted by Crippen LogP contribution is 2.36. The second-order valence-corrected chi connectivity index (χ2v) is 9.22. The lowest BCUT2D eigenvalue weighted by Crippen LogP contribution is -2.17. The van der Waals surface area contributed by atoms with Crippen LogP contribution < -0.4 is 5.32 Å². The zero-order chi connectivity index (χ0) is 23.8. The molecule has 0 saturated carbocycles. The van der Waals surface area contributed by atoms with E-state index < -0.39 is 0 Å². The minimum absolute atomic E-state index is 0.0494. The van der Waals surface area contributed by atoms with Crippen LogP contribution in [0.1, 0.15) is 31.1 Å². The van der Waals surface area contributed by atoms with E-state index in [4.69, 9.17) is 4.74 Å². The van der Waals surface area contributed by atoms with E-state index in [2.05, 4.69) is 54.3 Å². The molecule has 0 amide bonds. The van der Waals surface area contributed by atoms with Crippen LogP contribution in [-0.4, -0.2) is 47.3 Å². The molecule has 0 aliphatic carbocycles. The monoisotopic (exact) mass is 484 g/mol. The highest BCUT2D eigenvalue weighted by atomic mass is 32.2. The number of imidazole rings is 1. The number of thioether (sulfide) groups is 1. The van der Waals surface area contributed by atoms with Crippen molar-refractivity contribution in [3.63, 3.8) is 0 Å². The summed E-state index contributed by atoms with van der Waals surface area (Å²) in [6.07, 6.45) is 11.9. The lowest BCUT2D eigenvalue weighted by Gasteiger charge is -2.23. The van der Waals surface area contributed by atoms with Crippen LogP contribution in [0.5, 0.6) is 0 Å². The molecule has 1 aromatic carbocycles. The molecule has 5 heterocycles. The second kappa shape index (κ2) is 9.20. The number of hydrogen-bond acceptors (Lipinski definition) is 9. The van der Waals surface area contributed by atoms with Crippen LogP contribution in [0.3, 0.4) is 0 Å². The molecule has 176 valence electrons. The summed E-state index contributed by atoms with van der Waals surface area (Å²) in [5, 5.41) is 5.48. The number of ether oxygens (including phenoxy) is 1. The summed E-state index contributed by atoms with van der Waals surface area (Å²) in [7, 11) is 0. The fourth-order valence-electron chi connectivity index (χ4n) is 4.55. The standard InChI is InChI=1S/C25H24N8OS/c1-15-8-9-17-21(28-13-30-25(17)35-2)19(15)32-23-16(6-5-10-26-23)20-22-24(29-12-27-20)33(14-31-22)18-7-3-4-11-34-18/h5-6,8-10,12-14,18H,3-4,7,11H2,1-2H3,(H,26,32). The Morgan fingerprint density at radius 3 is 2.77 bits per heavy atom. The zero-order valence-corrected chi connectivity index (χ0v) is 20.3. The maximum atomic E-state index is 5.98. The van der Waals surface area contributed by atoms with Crippen molar-refractivity contribution in [1.82, 2.24) is 34.5 Å². The molecule has 4 aromatic heterocycles. The SMILES string of the molecule is CSc1ncnc2c(Nc3ncccc3-c3ncnc4c3ncn4C3CCCCO3)c(C)ccc12. The second-order valence-electron chi connectivity index (χ2n) is 8.43. The fraction of sp³-hybridized carbons (Fsp3) is 0.280. The smallest absolute Gasteiger partial charge is 0.165 e. The molecule has 1 fully saturated rings. The van der Waals surface area contributed by atoms with Crippen molar-refractivity contribution >= 4 is 45.3 Å². The average Bonchev–Trinajstić information content (AvgIpc) is 3.35. The third-order valence-corrected chi connectivity index (χ3v) is 7.01. The first-order valence-electron chi connectivity index (χ1n) is 11.5. The van der Waals surface area contributed by atoms with Crippen molar-refractivity contribution in [2.24, 2.45) is 0 Å². The highest BCUT2D eigenvalue weighted by molar-refractivity contribution is 7.98. The van der Waals surface area contributed by atoms with Crippen LogP contribution >= 0.6 is 11.8 Å².